The molecule has 0 radical (unpaired) electrons. The van der Waals surface area contributed by atoms with Crippen molar-refractivity contribution in [1.82, 2.24) is 0 Å². The predicted molar refractivity (Wildman–Crippen MR) is 111 cm³/mol. The fourth-order valence-corrected chi connectivity index (χ4v) is 3.68. The van der Waals surface area contributed by atoms with Gasteiger partial charge in [-0.25, -0.2) is 0 Å². The van der Waals surface area contributed by atoms with Crippen LogP contribution in [0.5, 0.6) is 0 Å². The van der Waals surface area contributed by atoms with Crippen molar-refractivity contribution in [3.63, 3.8) is 0 Å². The van der Waals surface area contributed by atoms with Crippen LogP contribution < -0.4 is 4.90 Å². The van der Waals surface area contributed by atoms with E-state index in [4.69, 9.17) is 0 Å². The van der Waals surface area contributed by atoms with E-state index in [1.54, 1.807) is 42.5 Å². The predicted octanol–water partition coefficient (Wildman–Crippen LogP) is 4.80. The van der Waals surface area contributed by atoms with E-state index in [2.05, 4.69) is 11.8 Å². The van der Waals surface area contributed by atoms with Crippen molar-refractivity contribution >= 4 is 11.6 Å². The van der Waals surface area contributed by atoms with Gasteiger partial charge in [0.05, 0.1) is 17.8 Å². The third kappa shape index (κ3) is 3.69. The molecule has 3 aromatic carbocycles. The lowest BCUT2D eigenvalue weighted by Gasteiger charge is -2.21. The lowest BCUT2D eigenvalue weighted by atomic mass is 9.93. The Morgan fingerprint density at radius 1 is 0.968 bits per heavy atom. The van der Waals surface area contributed by atoms with Crippen LogP contribution in [0.25, 0.3) is 0 Å². The summed E-state index contributed by atoms with van der Waals surface area (Å²) >= 11 is 0. The van der Waals surface area contributed by atoms with Crippen molar-refractivity contribution in [3.05, 3.63) is 101 Å². The van der Waals surface area contributed by atoms with E-state index in [-0.39, 0.29) is 17.8 Å². The first-order chi connectivity index (χ1) is 14.7. The standard InChI is InChI=1S/C25H18F3NO2/c1-17-8-5-6-11-19(17)14-15-24(31)20-12-7-13-21(25(26,27)28)22(20)29(23(24)30)16-18-9-3-2-4-10-18/h2-13,31H,16H2,1H3/t24-/m0/s1. The van der Waals surface area contributed by atoms with Gasteiger partial charge in [-0.1, -0.05) is 66.6 Å². The summed E-state index contributed by atoms with van der Waals surface area (Å²) in [4.78, 5) is 14.3. The number of aliphatic hydroxyl groups is 1. The van der Waals surface area contributed by atoms with Gasteiger partial charge in [0.15, 0.2) is 0 Å². The van der Waals surface area contributed by atoms with Crippen LogP contribution in [0.15, 0.2) is 72.8 Å². The Kier molecular flexibility index (Phi) is 5.08. The lowest BCUT2D eigenvalue weighted by Crippen LogP contribution is -2.39. The van der Waals surface area contributed by atoms with Crippen LogP contribution in [0.4, 0.5) is 18.9 Å². The summed E-state index contributed by atoms with van der Waals surface area (Å²) in [7, 11) is 0. The minimum Gasteiger partial charge on any atom is -0.366 e. The van der Waals surface area contributed by atoms with Gasteiger partial charge in [0, 0.05) is 11.1 Å². The molecule has 0 saturated carbocycles. The summed E-state index contributed by atoms with van der Waals surface area (Å²) < 4.78 is 41.3. The highest BCUT2D eigenvalue weighted by atomic mass is 19.4. The second-order valence-corrected chi connectivity index (χ2v) is 7.35. The zero-order chi connectivity index (χ0) is 22.2. The molecule has 156 valence electrons. The summed E-state index contributed by atoms with van der Waals surface area (Å²) in [6, 6.07) is 19.2. The Hall–Kier alpha value is -3.56. The zero-order valence-electron chi connectivity index (χ0n) is 16.6. The molecule has 1 heterocycles. The molecule has 1 amide bonds. The molecule has 0 saturated heterocycles. The molecule has 3 nitrogen and oxygen atoms in total. The Balaban J connectivity index is 1.88. The Morgan fingerprint density at radius 2 is 1.65 bits per heavy atom. The summed E-state index contributed by atoms with van der Waals surface area (Å²) in [5.74, 6) is 4.44. The molecule has 0 fully saturated rings. The Morgan fingerprint density at radius 3 is 2.32 bits per heavy atom. The molecule has 1 N–H and O–H groups in total. The first-order valence-electron chi connectivity index (χ1n) is 9.59. The van der Waals surface area contributed by atoms with E-state index in [1.165, 1.54) is 12.1 Å². The molecule has 0 aliphatic carbocycles. The SMILES string of the molecule is Cc1ccccc1C#C[C@@]1(O)C(=O)N(Cc2ccccc2)c2c(C(F)(F)F)cccc21. The number of aryl methyl sites for hydroxylation is 1. The molecule has 0 unspecified atom stereocenters. The van der Waals surface area contributed by atoms with Gasteiger partial charge in [0.25, 0.3) is 5.91 Å². The number of fused-ring (bicyclic) bond motifs is 1. The number of hydrogen-bond donors (Lipinski definition) is 1. The normalized spacial score (nSPS) is 17.8. The topological polar surface area (TPSA) is 40.5 Å². The van der Waals surface area contributed by atoms with Crippen molar-refractivity contribution in [2.75, 3.05) is 4.90 Å². The van der Waals surface area contributed by atoms with E-state index in [0.717, 1.165) is 16.5 Å². The number of benzene rings is 3. The van der Waals surface area contributed by atoms with Crippen molar-refractivity contribution in [1.29, 1.82) is 0 Å². The van der Waals surface area contributed by atoms with E-state index in [0.29, 0.717) is 11.1 Å². The number of carbonyl (C=O) groups excluding carboxylic acids is 1. The number of anilines is 1. The Labute approximate surface area is 177 Å². The van der Waals surface area contributed by atoms with Gasteiger partial charge in [-0.15, -0.1) is 0 Å². The second kappa shape index (κ2) is 7.60. The van der Waals surface area contributed by atoms with Crippen LogP contribution >= 0.6 is 0 Å². The fraction of sp³-hybridized carbons (Fsp3) is 0.160. The number of amides is 1. The summed E-state index contributed by atoms with van der Waals surface area (Å²) in [6.07, 6.45) is -4.70. The third-order valence-electron chi connectivity index (χ3n) is 5.26. The summed E-state index contributed by atoms with van der Waals surface area (Å²) in [6.45, 7) is 1.70. The highest BCUT2D eigenvalue weighted by Gasteiger charge is 2.52. The van der Waals surface area contributed by atoms with Crippen LogP contribution in [-0.2, 0) is 23.1 Å². The quantitative estimate of drug-likeness (QED) is 0.604. The molecule has 3 aromatic rings. The van der Waals surface area contributed by atoms with Crippen LogP contribution in [0.2, 0.25) is 0 Å². The van der Waals surface area contributed by atoms with Gasteiger partial charge >= 0.3 is 6.18 Å². The third-order valence-corrected chi connectivity index (χ3v) is 5.26. The van der Waals surface area contributed by atoms with Crippen molar-refractivity contribution in [2.45, 2.75) is 25.2 Å². The van der Waals surface area contributed by atoms with Gasteiger partial charge in [-0.3, -0.25) is 4.79 Å². The largest absolute Gasteiger partial charge is 0.418 e. The van der Waals surface area contributed by atoms with Crippen molar-refractivity contribution in [3.8, 4) is 11.8 Å². The van der Waals surface area contributed by atoms with E-state index >= 15 is 0 Å². The van der Waals surface area contributed by atoms with Crippen molar-refractivity contribution < 1.29 is 23.1 Å². The first kappa shape index (κ1) is 20.7. The first-order valence-corrected chi connectivity index (χ1v) is 9.59. The smallest absolute Gasteiger partial charge is 0.366 e. The van der Waals surface area contributed by atoms with Crippen LogP contribution in [0.3, 0.4) is 0 Å². The molecule has 0 bridgehead atoms. The molecule has 0 spiro atoms. The molecule has 6 heteroatoms. The molecule has 31 heavy (non-hydrogen) atoms. The molecular weight excluding hydrogens is 403 g/mol. The monoisotopic (exact) mass is 421 g/mol. The number of halogens is 3. The molecule has 1 aliphatic rings. The number of hydrogen-bond acceptors (Lipinski definition) is 2. The number of alkyl halides is 3. The lowest BCUT2D eigenvalue weighted by molar-refractivity contribution is -0.137. The molecule has 4 rings (SSSR count). The van der Waals surface area contributed by atoms with Crippen LogP contribution in [-0.4, -0.2) is 11.0 Å². The fourth-order valence-electron chi connectivity index (χ4n) is 3.68. The maximum absolute atomic E-state index is 13.8. The number of rotatable bonds is 2. The summed E-state index contributed by atoms with van der Waals surface area (Å²) in [5, 5.41) is 11.3. The van der Waals surface area contributed by atoms with Crippen LogP contribution in [0, 0.1) is 18.8 Å². The number of para-hydroxylation sites is 1. The number of carbonyl (C=O) groups is 1. The van der Waals surface area contributed by atoms with E-state index in [1.807, 2.05) is 19.1 Å². The second-order valence-electron chi connectivity index (χ2n) is 7.35. The van der Waals surface area contributed by atoms with Gasteiger partial charge in [-0.2, -0.15) is 13.2 Å². The van der Waals surface area contributed by atoms with Gasteiger partial charge < -0.3 is 10.0 Å². The van der Waals surface area contributed by atoms with Crippen LogP contribution in [0.1, 0.15) is 27.8 Å². The highest BCUT2D eigenvalue weighted by Crippen LogP contribution is 2.47. The summed E-state index contributed by atoms with van der Waals surface area (Å²) in [5.41, 5.74) is -1.84. The van der Waals surface area contributed by atoms with Gasteiger partial charge in [0.2, 0.25) is 5.60 Å². The zero-order valence-corrected chi connectivity index (χ0v) is 16.6. The van der Waals surface area contributed by atoms with E-state index < -0.39 is 23.2 Å². The van der Waals surface area contributed by atoms with Gasteiger partial charge in [0.1, 0.15) is 0 Å². The minimum absolute atomic E-state index is 0.117. The molecule has 1 aliphatic heterocycles. The average Bonchev–Trinajstić information content (AvgIpc) is 2.95. The van der Waals surface area contributed by atoms with Gasteiger partial charge in [-0.05, 0) is 36.1 Å². The maximum atomic E-state index is 13.8. The Bertz CT molecular complexity index is 1210. The van der Waals surface area contributed by atoms with Crippen molar-refractivity contribution in [2.24, 2.45) is 0 Å². The maximum Gasteiger partial charge on any atom is 0.418 e. The van der Waals surface area contributed by atoms with E-state index in [9.17, 15) is 23.1 Å². The highest BCUT2D eigenvalue weighted by molar-refractivity contribution is 6.09. The minimum atomic E-state index is -4.70. The molecule has 0 aromatic heterocycles. The average molecular weight is 421 g/mol. The molecular formula is C25H18F3NO2. The number of nitrogens with zero attached hydrogens (tertiary/aromatic N) is 1. The molecule has 1 atom stereocenters.